The van der Waals surface area contributed by atoms with Crippen LogP contribution in [-0.2, 0) is 6.54 Å². The molecule has 0 N–H and O–H groups in total. The topological polar surface area (TPSA) is 86.7 Å². The van der Waals surface area contributed by atoms with Gasteiger partial charge in [-0.1, -0.05) is 6.07 Å². The lowest BCUT2D eigenvalue weighted by molar-refractivity contribution is -0.385. The summed E-state index contributed by atoms with van der Waals surface area (Å²) in [6, 6.07) is 5.64. The molecule has 0 saturated carbocycles. The van der Waals surface area contributed by atoms with Gasteiger partial charge in [0.25, 0.3) is 0 Å². The van der Waals surface area contributed by atoms with Crippen LogP contribution in [0.1, 0.15) is 5.69 Å². The second-order valence-corrected chi connectivity index (χ2v) is 4.87. The maximum Gasteiger partial charge on any atom is 0.307 e. The maximum atomic E-state index is 10.6. The molecule has 100 valence electrons. The van der Waals surface area contributed by atoms with Gasteiger partial charge in [-0.05, 0) is 12.1 Å². The van der Waals surface area contributed by atoms with E-state index in [4.69, 9.17) is 0 Å². The van der Waals surface area contributed by atoms with Crippen LogP contribution in [0.2, 0.25) is 0 Å². The Morgan fingerprint density at radius 1 is 1.40 bits per heavy atom. The third-order valence-electron chi connectivity index (χ3n) is 2.59. The monoisotopic (exact) mass is 287 g/mol. The van der Waals surface area contributed by atoms with Crippen LogP contribution in [0.25, 0.3) is 10.7 Å². The smallest absolute Gasteiger partial charge is 0.260 e. The quantitative estimate of drug-likeness (QED) is 0.543. The first-order valence-corrected chi connectivity index (χ1v) is 6.63. The van der Waals surface area contributed by atoms with E-state index in [1.54, 1.807) is 6.20 Å². The van der Waals surface area contributed by atoms with Crippen LogP contribution < -0.4 is 0 Å². The van der Waals surface area contributed by atoms with Crippen LogP contribution in [0.3, 0.4) is 0 Å². The van der Waals surface area contributed by atoms with E-state index in [9.17, 15) is 10.1 Å². The average molecular weight is 287 g/mol. The summed E-state index contributed by atoms with van der Waals surface area (Å²) in [6.45, 7) is 0.400. The largest absolute Gasteiger partial charge is 0.307 e. The highest BCUT2D eigenvalue weighted by molar-refractivity contribution is 7.13. The highest BCUT2D eigenvalue weighted by Crippen LogP contribution is 2.21. The SMILES string of the molecule is O=[N+]([O-])c1cnn(Cc2csc(-c3ccccn3)n2)c1. The van der Waals surface area contributed by atoms with E-state index in [0.29, 0.717) is 6.54 Å². The van der Waals surface area contributed by atoms with E-state index >= 15 is 0 Å². The first-order chi connectivity index (χ1) is 9.72. The van der Waals surface area contributed by atoms with Crippen molar-refractivity contribution in [1.29, 1.82) is 0 Å². The van der Waals surface area contributed by atoms with Gasteiger partial charge < -0.3 is 0 Å². The Hall–Kier alpha value is -2.61. The second kappa shape index (κ2) is 5.17. The fourth-order valence-electron chi connectivity index (χ4n) is 1.69. The lowest BCUT2D eigenvalue weighted by Gasteiger charge is -1.96. The number of rotatable bonds is 4. The molecule has 0 aliphatic heterocycles. The Balaban J connectivity index is 1.78. The lowest BCUT2D eigenvalue weighted by Crippen LogP contribution is -2.00. The molecule has 3 aromatic rings. The molecule has 3 aromatic heterocycles. The summed E-state index contributed by atoms with van der Waals surface area (Å²) in [4.78, 5) is 18.8. The predicted molar refractivity (Wildman–Crippen MR) is 73.3 cm³/mol. The van der Waals surface area contributed by atoms with E-state index in [1.165, 1.54) is 28.4 Å². The number of nitrogens with zero attached hydrogens (tertiary/aromatic N) is 5. The zero-order chi connectivity index (χ0) is 13.9. The van der Waals surface area contributed by atoms with E-state index < -0.39 is 4.92 Å². The van der Waals surface area contributed by atoms with Crippen molar-refractivity contribution in [3.63, 3.8) is 0 Å². The third-order valence-corrected chi connectivity index (χ3v) is 3.50. The van der Waals surface area contributed by atoms with Gasteiger partial charge in [0.2, 0.25) is 0 Å². The Morgan fingerprint density at radius 3 is 3.00 bits per heavy atom. The van der Waals surface area contributed by atoms with Gasteiger partial charge in [0, 0.05) is 11.6 Å². The van der Waals surface area contributed by atoms with E-state index in [0.717, 1.165) is 16.4 Å². The molecule has 0 aliphatic rings. The minimum atomic E-state index is -0.468. The molecule has 0 aliphatic carbocycles. The van der Waals surface area contributed by atoms with Gasteiger partial charge in [0.15, 0.2) is 0 Å². The fourth-order valence-corrected chi connectivity index (χ4v) is 2.47. The number of hydrogen-bond donors (Lipinski definition) is 0. The zero-order valence-corrected chi connectivity index (χ0v) is 11.0. The molecule has 0 bridgehead atoms. The molecular weight excluding hydrogens is 278 g/mol. The highest BCUT2D eigenvalue weighted by Gasteiger charge is 2.11. The molecule has 20 heavy (non-hydrogen) atoms. The van der Waals surface area contributed by atoms with Crippen molar-refractivity contribution in [3.05, 3.63) is 58.0 Å². The molecule has 7 nitrogen and oxygen atoms in total. The lowest BCUT2D eigenvalue weighted by atomic mass is 10.4. The number of pyridine rings is 1. The van der Waals surface area contributed by atoms with Crippen molar-refractivity contribution in [3.8, 4) is 10.7 Å². The van der Waals surface area contributed by atoms with Crippen molar-refractivity contribution in [2.24, 2.45) is 0 Å². The van der Waals surface area contributed by atoms with Crippen molar-refractivity contribution in [2.45, 2.75) is 6.54 Å². The Bertz CT molecular complexity index is 737. The number of nitro groups is 1. The Labute approximate surface area is 117 Å². The van der Waals surface area contributed by atoms with Crippen LogP contribution in [0.15, 0.2) is 42.2 Å². The van der Waals surface area contributed by atoms with Crippen LogP contribution >= 0.6 is 11.3 Å². The maximum absolute atomic E-state index is 10.6. The van der Waals surface area contributed by atoms with Crippen molar-refractivity contribution >= 4 is 17.0 Å². The third kappa shape index (κ3) is 2.54. The summed E-state index contributed by atoms with van der Waals surface area (Å²) in [6.07, 6.45) is 4.33. The molecule has 8 heteroatoms. The van der Waals surface area contributed by atoms with Gasteiger partial charge in [-0.2, -0.15) is 5.10 Å². The number of aromatic nitrogens is 4. The molecule has 0 saturated heterocycles. The van der Waals surface area contributed by atoms with Gasteiger partial charge >= 0.3 is 5.69 Å². The van der Waals surface area contributed by atoms with Gasteiger partial charge in [-0.3, -0.25) is 19.8 Å². The molecule has 0 unspecified atom stereocenters. The molecule has 0 radical (unpaired) electrons. The highest BCUT2D eigenvalue weighted by atomic mass is 32.1. The van der Waals surface area contributed by atoms with Gasteiger partial charge in [0.05, 0.1) is 22.9 Å². The standard InChI is InChI=1S/C12H9N5O2S/c18-17(19)10-5-14-16(7-10)6-9-8-20-12(15-9)11-3-1-2-4-13-11/h1-5,7-8H,6H2. The fraction of sp³-hybridized carbons (Fsp3) is 0.0833. The normalized spacial score (nSPS) is 10.6. The average Bonchev–Trinajstić information content (AvgIpc) is 3.10. The molecule has 0 amide bonds. The van der Waals surface area contributed by atoms with E-state index in [2.05, 4.69) is 15.1 Å². The van der Waals surface area contributed by atoms with Crippen LogP contribution in [0, 0.1) is 10.1 Å². The van der Waals surface area contributed by atoms with E-state index in [1.807, 2.05) is 23.6 Å². The van der Waals surface area contributed by atoms with Crippen molar-refractivity contribution in [2.75, 3.05) is 0 Å². The van der Waals surface area contributed by atoms with Crippen molar-refractivity contribution in [1.82, 2.24) is 19.7 Å². The summed E-state index contributed by atoms with van der Waals surface area (Å²) in [5.74, 6) is 0. The number of hydrogen-bond acceptors (Lipinski definition) is 6. The molecule has 0 spiro atoms. The predicted octanol–water partition coefficient (Wildman–Crippen LogP) is 2.36. The summed E-state index contributed by atoms with van der Waals surface area (Å²) in [5, 5.41) is 17.2. The molecule has 0 fully saturated rings. The second-order valence-electron chi connectivity index (χ2n) is 4.01. The summed E-state index contributed by atoms with van der Waals surface area (Å²) in [5.41, 5.74) is 1.59. The number of thiazole rings is 1. The van der Waals surface area contributed by atoms with Gasteiger partial charge in [-0.15, -0.1) is 11.3 Å². The zero-order valence-electron chi connectivity index (χ0n) is 10.2. The Kier molecular flexibility index (Phi) is 3.21. The molecule has 0 atom stereocenters. The minimum Gasteiger partial charge on any atom is -0.260 e. The molecule has 3 rings (SSSR count). The summed E-state index contributed by atoms with van der Waals surface area (Å²) in [7, 11) is 0. The molecular formula is C12H9N5O2S. The van der Waals surface area contributed by atoms with E-state index in [-0.39, 0.29) is 5.69 Å². The van der Waals surface area contributed by atoms with Gasteiger partial charge in [0.1, 0.15) is 17.4 Å². The Morgan fingerprint density at radius 2 is 2.30 bits per heavy atom. The van der Waals surface area contributed by atoms with Crippen LogP contribution in [0.4, 0.5) is 5.69 Å². The molecule has 3 heterocycles. The summed E-state index contributed by atoms with van der Waals surface area (Å²) >= 11 is 1.49. The summed E-state index contributed by atoms with van der Waals surface area (Å²) < 4.78 is 1.50. The first-order valence-electron chi connectivity index (χ1n) is 5.75. The van der Waals surface area contributed by atoms with Crippen molar-refractivity contribution < 1.29 is 4.92 Å². The van der Waals surface area contributed by atoms with Gasteiger partial charge in [-0.25, -0.2) is 4.98 Å². The van der Waals surface area contributed by atoms with Crippen LogP contribution in [-0.4, -0.2) is 24.7 Å². The minimum absolute atomic E-state index is 0.0230. The molecule has 0 aromatic carbocycles. The first kappa shape index (κ1) is 12.4. The van der Waals surface area contributed by atoms with Crippen LogP contribution in [0.5, 0.6) is 0 Å².